The molecule has 6 atom stereocenters. The van der Waals surface area contributed by atoms with Gasteiger partial charge in [0.05, 0.1) is 38.2 Å². The van der Waals surface area contributed by atoms with E-state index in [2.05, 4.69) is 23.7 Å². The summed E-state index contributed by atoms with van der Waals surface area (Å²) in [4.78, 5) is 39.6. The summed E-state index contributed by atoms with van der Waals surface area (Å²) >= 11 is 0. The predicted molar refractivity (Wildman–Crippen MR) is 179 cm³/mol. The Morgan fingerprint density at radius 3 is 2.69 bits per heavy atom. The molecule has 7 N–H and O–H groups in total. The molecule has 1 spiro atoms. The van der Waals surface area contributed by atoms with Gasteiger partial charge in [0.2, 0.25) is 5.91 Å². The van der Waals surface area contributed by atoms with Gasteiger partial charge >= 0.3 is 6.09 Å². The fourth-order valence-corrected chi connectivity index (χ4v) is 8.64. The van der Waals surface area contributed by atoms with E-state index in [0.717, 1.165) is 53.9 Å². The molecule has 1 saturated heterocycles. The van der Waals surface area contributed by atoms with Gasteiger partial charge in [0.1, 0.15) is 12.3 Å². The number of nitrogens with two attached hydrogens (primary N) is 2. The van der Waals surface area contributed by atoms with Crippen LogP contribution in [0.1, 0.15) is 48.8 Å². The Hall–Kier alpha value is -4.36. The topological polar surface area (TPSA) is 182 Å². The van der Waals surface area contributed by atoms with Gasteiger partial charge in [0, 0.05) is 63.0 Å². The van der Waals surface area contributed by atoms with Crippen LogP contribution in [0, 0.1) is 11.3 Å². The lowest BCUT2D eigenvalue weighted by atomic mass is 9.51. The van der Waals surface area contributed by atoms with Crippen LogP contribution in [0.15, 0.2) is 36.4 Å². The molecule has 2 fully saturated rings. The summed E-state index contributed by atoms with van der Waals surface area (Å²) in [6, 6.07) is 11.5. The third-order valence-electron chi connectivity index (χ3n) is 11.1. The zero-order valence-corrected chi connectivity index (χ0v) is 28.1. The van der Waals surface area contributed by atoms with Crippen molar-refractivity contribution in [1.82, 2.24) is 15.5 Å². The molecule has 2 amide bonds. The molecular weight excluding hydrogens is 614 g/mol. The second-order valence-corrected chi connectivity index (χ2v) is 14.0. The highest BCUT2D eigenvalue weighted by Crippen LogP contribution is 2.64. The molecule has 2 aliphatic heterocycles. The molecular formula is C35H48N7O6+. The van der Waals surface area contributed by atoms with Crippen molar-refractivity contribution in [3.63, 3.8) is 0 Å². The maximum atomic E-state index is 13.2. The summed E-state index contributed by atoms with van der Waals surface area (Å²) in [6.07, 6.45) is 3.36. The van der Waals surface area contributed by atoms with Crippen molar-refractivity contribution < 1.29 is 33.1 Å². The number of piperidine rings is 1. The number of likely N-dealkylation sites (tertiary alicyclic amines) is 1. The lowest BCUT2D eigenvalue weighted by Gasteiger charge is -2.60. The van der Waals surface area contributed by atoms with E-state index in [1.54, 1.807) is 14.2 Å². The average molecular weight is 663 g/mol. The number of guanidine groups is 1. The maximum Gasteiger partial charge on any atom is 0.415 e. The Morgan fingerprint density at radius 2 is 1.96 bits per heavy atom. The molecule has 2 aromatic rings. The van der Waals surface area contributed by atoms with Crippen molar-refractivity contribution in [1.29, 1.82) is 5.41 Å². The van der Waals surface area contributed by atoms with Crippen LogP contribution in [-0.2, 0) is 28.0 Å². The number of carbonyl (C=O) groups is 3. The lowest BCUT2D eigenvalue weighted by Crippen LogP contribution is -2.71. The Labute approximate surface area is 281 Å². The molecule has 2 aliphatic carbocycles. The van der Waals surface area contributed by atoms with E-state index in [9.17, 15) is 14.4 Å². The van der Waals surface area contributed by atoms with Crippen molar-refractivity contribution in [2.75, 3.05) is 47.4 Å². The number of hydrogen-bond donors (Lipinski definition) is 5. The first-order valence-corrected chi connectivity index (χ1v) is 16.8. The van der Waals surface area contributed by atoms with Crippen molar-refractivity contribution in [3.05, 3.63) is 53.1 Å². The van der Waals surface area contributed by atoms with Crippen LogP contribution in [0.25, 0.3) is 0 Å². The summed E-state index contributed by atoms with van der Waals surface area (Å²) in [5.41, 5.74) is 14.6. The third-order valence-corrected chi connectivity index (χ3v) is 11.1. The molecule has 4 aliphatic rings. The molecule has 13 nitrogen and oxygen atoms in total. The molecule has 2 aromatic carbocycles. The number of ketones is 1. The molecule has 2 heterocycles. The number of methoxy groups -OCH3 is 1. The number of nitrogens with zero attached hydrogens (tertiary/aromatic N) is 2. The number of quaternary nitrogens is 1. The van der Waals surface area contributed by atoms with E-state index < -0.39 is 18.2 Å². The smallest absolute Gasteiger partial charge is 0.415 e. The summed E-state index contributed by atoms with van der Waals surface area (Å²) in [6.45, 7) is 2.74. The van der Waals surface area contributed by atoms with Gasteiger partial charge in [-0.15, -0.1) is 0 Å². The van der Waals surface area contributed by atoms with Crippen LogP contribution in [-0.4, -0.2) is 98.7 Å². The number of ether oxygens (including phenoxy) is 3. The maximum absolute atomic E-state index is 13.2. The van der Waals surface area contributed by atoms with Crippen LogP contribution in [0.4, 0.5) is 4.79 Å². The van der Waals surface area contributed by atoms with Gasteiger partial charge in [-0.3, -0.25) is 15.0 Å². The standard InChI is InChI=1S/C35H47N7O6/c1-41(17-16-39-32(44)25(36)5-4-15-40-33(37)38)34(45)47-23-9-6-21(7-10-23)20-42(2)18-14-35-24-11-12-27(43)31(35)48-30-28(46-3)13-8-22(29(30)35)19-26(24)42/h6-10,13,24-26,31H,4-5,11-12,14-20,36H2,1-3H3,(H4-,37,38,39,40,44)/p+1/t24-,25-,26?,31-,35-,42+/m0/s1. The highest BCUT2D eigenvalue weighted by Gasteiger charge is 2.69. The number of Topliss-reactive ketones (excluding diaryl/α,β-unsaturated/α-hetero) is 1. The molecule has 1 unspecified atom stereocenters. The quantitative estimate of drug-likeness (QED) is 0.0980. The van der Waals surface area contributed by atoms with Crippen LogP contribution >= 0.6 is 0 Å². The van der Waals surface area contributed by atoms with Crippen LogP contribution < -0.4 is 36.3 Å². The minimum absolute atomic E-state index is 0.118. The van der Waals surface area contributed by atoms with E-state index in [1.165, 1.54) is 16.0 Å². The first-order valence-electron chi connectivity index (χ1n) is 16.8. The van der Waals surface area contributed by atoms with E-state index in [0.29, 0.717) is 43.5 Å². The predicted octanol–water partition coefficient (Wildman–Crippen LogP) is 1.79. The number of rotatable bonds is 12. The number of amides is 2. The van der Waals surface area contributed by atoms with E-state index in [-0.39, 0.29) is 36.2 Å². The molecule has 258 valence electrons. The van der Waals surface area contributed by atoms with Gasteiger partial charge in [0.15, 0.2) is 29.3 Å². The van der Waals surface area contributed by atoms with Gasteiger partial charge < -0.3 is 45.7 Å². The molecule has 6 rings (SSSR count). The molecule has 2 bridgehead atoms. The highest BCUT2D eigenvalue weighted by atomic mass is 16.6. The van der Waals surface area contributed by atoms with Gasteiger partial charge in [0.25, 0.3) is 0 Å². The molecule has 1 saturated carbocycles. The van der Waals surface area contributed by atoms with E-state index >= 15 is 0 Å². The Morgan fingerprint density at radius 1 is 1.19 bits per heavy atom. The molecule has 13 heteroatoms. The van der Waals surface area contributed by atoms with Crippen molar-refractivity contribution in [3.8, 4) is 17.2 Å². The van der Waals surface area contributed by atoms with Crippen LogP contribution in [0.2, 0.25) is 0 Å². The summed E-state index contributed by atoms with van der Waals surface area (Å²) in [5.74, 6) is 2.10. The zero-order valence-electron chi connectivity index (χ0n) is 28.1. The van der Waals surface area contributed by atoms with Crippen molar-refractivity contribution in [2.24, 2.45) is 17.4 Å². The van der Waals surface area contributed by atoms with Gasteiger partial charge in [-0.2, -0.15) is 0 Å². The number of nitrogens with one attached hydrogen (secondary N) is 3. The summed E-state index contributed by atoms with van der Waals surface area (Å²) in [5, 5.41) is 12.6. The second-order valence-electron chi connectivity index (χ2n) is 14.0. The van der Waals surface area contributed by atoms with Crippen molar-refractivity contribution in [2.45, 2.75) is 68.7 Å². The monoisotopic (exact) mass is 662 g/mol. The van der Waals surface area contributed by atoms with Crippen molar-refractivity contribution >= 4 is 23.7 Å². The molecule has 0 aromatic heterocycles. The fourth-order valence-electron chi connectivity index (χ4n) is 8.64. The number of hydrogen-bond acceptors (Lipinski definition) is 8. The largest absolute Gasteiger partial charge is 0.493 e. The fraction of sp³-hybridized carbons (Fsp3) is 0.543. The minimum Gasteiger partial charge on any atom is -0.493 e. The van der Waals surface area contributed by atoms with Gasteiger partial charge in [-0.25, -0.2) is 4.79 Å². The number of benzene rings is 2. The highest BCUT2D eigenvalue weighted by molar-refractivity contribution is 5.89. The summed E-state index contributed by atoms with van der Waals surface area (Å²) < 4.78 is 18.6. The van der Waals surface area contributed by atoms with E-state index in [4.69, 9.17) is 31.1 Å². The Kier molecular flexibility index (Phi) is 9.27. The number of carbonyl (C=O) groups excluding carboxylic acids is 3. The first kappa shape index (κ1) is 33.5. The lowest BCUT2D eigenvalue weighted by molar-refractivity contribution is -0.957. The zero-order chi connectivity index (χ0) is 34.2. The first-order chi connectivity index (χ1) is 23.0. The SMILES string of the molecule is COc1ccc2c3c1O[C@H]1C(=O)CC[C@H]4C(C2)[N@@+](C)(Cc2ccc(OC(=O)N(C)CCNC(=O)[C@@H](N)CCCNC(=N)N)cc2)CC[C@]314. The molecule has 48 heavy (non-hydrogen) atoms. The Bertz CT molecular complexity index is 1580. The van der Waals surface area contributed by atoms with Gasteiger partial charge in [-0.05, 0) is 55.2 Å². The van der Waals surface area contributed by atoms with E-state index in [1.807, 2.05) is 30.3 Å². The third kappa shape index (κ3) is 6.05. The summed E-state index contributed by atoms with van der Waals surface area (Å²) in [7, 11) is 5.62. The Balaban J connectivity index is 1.04. The minimum atomic E-state index is -0.684. The molecule has 0 radical (unpaired) electrons. The average Bonchev–Trinajstić information content (AvgIpc) is 3.42. The van der Waals surface area contributed by atoms with Gasteiger partial charge in [-0.1, -0.05) is 6.07 Å². The number of likely N-dealkylation sites (N-methyl/N-ethyl adjacent to an activating group) is 2. The normalized spacial score (nSPS) is 26.8. The second kappa shape index (κ2) is 13.3. The van der Waals surface area contributed by atoms with Crippen LogP contribution in [0.5, 0.6) is 17.2 Å². The van der Waals surface area contributed by atoms with Crippen LogP contribution in [0.3, 0.4) is 0 Å².